The van der Waals surface area contributed by atoms with E-state index in [-0.39, 0.29) is 5.75 Å². The van der Waals surface area contributed by atoms with Gasteiger partial charge in [-0.2, -0.15) is 0 Å². The number of hydrogen-bond donors (Lipinski definition) is 1. The van der Waals surface area contributed by atoms with Gasteiger partial charge in [-0.15, -0.1) is 11.3 Å². The van der Waals surface area contributed by atoms with Gasteiger partial charge in [0.15, 0.2) is 0 Å². The third-order valence-electron chi connectivity index (χ3n) is 2.73. The maximum absolute atomic E-state index is 9.97. The number of phenols is 1. The molecule has 0 bridgehead atoms. The molecule has 1 heterocycles. The second-order valence-corrected chi connectivity index (χ2v) is 5.62. The summed E-state index contributed by atoms with van der Waals surface area (Å²) in [6.07, 6.45) is 0. The van der Waals surface area contributed by atoms with E-state index in [0.29, 0.717) is 5.02 Å². The van der Waals surface area contributed by atoms with E-state index in [1.54, 1.807) is 6.07 Å². The number of aromatic hydroxyl groups is 1. The first-order valence-corrected chi connectivity index (χ1v) is 6.69. The first kappa shape index (κ1) is 11.5. The number of aromatic nitrogens is 1. The fraction of sp³-hybridized carbons (Fsp3) is 0.0714. The summed E-state index contributed by atoms with van der Waals surface area (Å²) in [5, 5.41) is 11.5. The van der Waals surface area contributed by atoms with Crippen molar-refractivity contribution in [2.75, 3.05) is 0 Å². The average Bonchev–Trinajstić information content (AvgIpc) is 2.71. The van der Waals surface area contributed by atoms with Crippen molar-refractivity contribution in [1.82, 2.24) is 4.98 Å². The minimum absolute atomic E-state index is 0.264. The van der Waals surface area contributed by atoms with Crippen molar-refractivity contribution in [3.63, 3.8) is 0 Å². The molecule has 0 saturated carbocycles. The zero-order valence-corrected chi connectivity index (χ0v) is 11.2. The lowest BCUT2D eigenvalue weighted by atomic mass is 10.1. The standard InChI is InChI=1S/C14H10ClNOS/c1-8-2-4-10(12(17)6-8)14-16-11-5-3-9(15)7-13(11)18-14/h2-7,17H,1H3. The zero-order chi connectivity index (χ0) is 12.7. The van der Waals surface area contributed by atoms with Crippen LogP contribution in [0.2, 0.25) is 5.02 Å². The maximum Gasteiger partial charge on any atom is 0.128 e. The molecule has 18 heavy (non-hydrogen) atoms. The Bertz CT molecular complexity index is 736. The van der Waals surface area contributed by atoms with E-state index < -0.39 is 0 Å². The Kier molecular flexibility index (Phi) is 2.73. The predicted octanol–water partition coefficient (Wildman–Crippen LogP) is 4.63. The highest BCUT2D eigenvalue weighted by molar-refractivity contribution is 7.21. The van der Waals surface area contributed by atoms with Gasteiger partial charge in [0, 0.05) is 5.02 Å². The Labute approximate surface area is 113 Å². The van der Waals surface area contributed by atoms with E-state index in [2.05, 4.69) is 4.98 Å². The molecule has 3 rings (SSSR count). The Morgan fingerprint density at radius 3 is 2.78 bits per heavy atom. The number of nitrogens with zero attached hydrogens (tertiary/aromatic N) is 1. The molecule has 90 valence electrons. The van der Waals surface area contributed by atoms with Crippen LogP contribution in [0.1, 0.15) is 5.56 Å². The fourth-order valence-electron chi connectivity index (χ4n) is 1.84. The zero-order valence-electron chi connectivity index (χ0n) is 9.64. The first-order valence-electron chi connectivity index (χ1n) is 5.49. The molecule has 0 unspecified atom stereocenters. The molecule has 0 radical (unpaired) electrons. The molecule has 0 aliphatic rings. The molecule has 0 spiro atoms. The number of benzene rings is 2. The second-order valence-electron chi connectivity index (χ2n) is 4.15. The van der Waals surface area contributed by atoms with Gasteiger partial charge in [0.2, 0.25) is 0 Å². The molecule has 4 heteroatoms. The van der Waals surface area contributed by atoms with Crippen molar-refractivity contribution in [3.8, 4) is 16.3 Å². The van der Waals surface area contributed by atoms with Crippen molar-refractivity contribution in [2.45, 2.75) is 6.92 Å². The number of hydrogen-bond acceptors (Lipinski definition) is 3. The van der Waals surface area contributed by atoms with Gasteiger partial charge in [0.1, 0.15) is 10.8 Å². The summed E-state index contributed by atoms with van der Waals surface area (Å²) in [6.45, 7) is 1.95. The molecule has 1 N–H and O–H groups in total. The Morgan fingerprint density at radius 2 is 2.00 bits per heavy atom. The SMILES string of the molecule is Cc1ccc(-c2nc3ccc(Cl)cc3s2)c(O)c1. The van der Waals surface area contributed by atoms with E-state index in [9.17, 15) is 5.11 Å². The largest absolute Gasteiger partial charge is 0.507 e. The number of aryl methyl sites for hydroxylation is 1. The summed E-state index contributed by atoms with van der Waals surface area (Å²) in [4.78, 5) is 4.51. The highest BCUT2D eigenvalue weighted by Crippen LogP contribution is 2.36. The smallest absolute Gasteiger partial charge is 0.128 e. The van der Waals surface area contributed by atoms with Crippen LogP contribution in [-0.2, 0) is 0 Å². The van der Waals surface area contributed by atoms with Crippen LogP contribution >= 0.6 is 22.9 Å². The van der Waals surface area contributed by atoms with Crippen LogP contribution in [0.5, 0.6) is 5.75 Å². The van der Waals surface area contributed by atoms with Gasteiger partial charge in [-0.25, -0.2) is 4.98 Å². The quantitative estimate of drug-likeness (QED) is 0.702. The van der Waals surface area contributed by atoms with E-state index >= 15 is 0 Å². The van der Waals surface area contributed by atoms with Crippen molar-refractivity contribution < 1.29 is 5.11 Å². The van der Waals surface area contributed by atoms with Crippen LogP contribution in [-0.4, -0.2) is 10.1 Å². The molecule has 2 nitrogen and oxygen atoms in total. The number of rotatable bonds is 1. The normalized spacial score (nSPS) is 11.0. The summed E-state index contributed by atoms with van der Waals surface area (Å²) in [5.41, 5.74) is 2.69. The van der Waals surface area contributed by atoms with E-state index in [1.165, 1.54) is 11.3 Å². The topological polar surface area (TPSA) is 33.1 Å². The summed E-state index contributed by atoms with van der Waals surface area (Å²) >= 11 is 7.48. The minimum Gasteiger partial charge on any atom is -0.507 e. The molecular formula is C14H10ClNOS. The molecule has 0 atom stereocenters. The Morgan fingerprint density at radius 1 is 1.17 bits per heavy atom. The van der Waals surface area contributed by atoms with Gasteiger partial charge in [-0.05, 0) is 42.8 Å². The van der Waals surface area contributed by atoms with E-state index in [0.717, 1.165) is 26.4 Å². The highest BCUT2D eigenvalue weighted by Gasteiger charge is 2.10. The van der Waals surface area contributed by atoms with Gasteiger partial charge in [-0.1, -0.05) is 17.7 Å². The van der Waals surface area contributed by atoms with Crippen LogP contribution in [0.4, 0.5) is 0 Å². The maximum atomic E-state index is 9.97. The van der Waals surface area contributed by atoms with Gasteiger partial charge in [0.25, 0.3) is 0 Å². The monoisotopic (exact) mass is 275 g/mol. The number of fused-ring (bicyclic) bond motifs is 1. The van der Waals surface area contributed by atoms with Crippen molar-refractivity contribution >= 4 is 33.2 Å². The molecule has 2 aromatic carbocycles. The molecule has 0 aliphatic heterocycles. The van der Waals surface area contributed by atoms with Gasteiger partial charge in [-0.3, -0.25) is 0 Å². The molecule has 1 aromatic heterocycles. The summed E-state index contributed by atoms with van der Waals surface area (Å²) in [5.74, 6) is 0.264. The number of phenolic OH excluding ortho intramolecular Hbond substituents is 1. The summed E-state index contributed by atoms with van der Waals surface area (Å²) < 4.78 is 1.03. The molecule has 0 fully saturated rings. The Balaban J connectivity index is 2.19. The third-order valence-corrected chi connectivity index (χ3v) is 4.02. The highest BCUT2D eigenvalue weighted by atomic mass is 35.5. The van der Waals surface area contributed by atoms with Crippen molar-refractivity contribution in [2.24, 2.45) is 0 Å². The van der Waals surface area contributed by atoms with Gasteiger partial charge in [0.05, 0.1) is 15.8 Å². The van der Waals surface area contributed by atoms with Gasteiger partial charge >= 0.3 is 0 Å². The first-order chi connectivity index (χ1) is 8.63. The number of halogens is 1. The second kappa shape index (κ2) is 4.26. The molecule has 0 aliphatic carbocycles. The van der Waals surface area contributed by atoms with Crippen molar-refractivity contribution in [3.05, 3.63) is 47.0 Å². The van der Waals surface area contributed by atoms with Crippen LogP contribution in [0.15, 0.2) is 36.4 Å². The van der Waals surface area contributed by atoms with Crippen molar-refractivity contribution in [1.29, 1.82) is 0 Å². The van der Waals surface area contributed by atoms with Crippen LogP contribution in [0, 0.1) is 6.92 Å². The molecule has 3 aromatic rings. The average molecular weight is 276 g/mol. The Hall–Kier alpha value is -1.58. The lowest BCUT2D eigenvalue weighted by molar-refractivity contribution is 0.477. The molecule has 0 saturated heterocycles. The third kappa shape index (κ3) is 1.96. The molecule has 0 amide bonds. The van der Waals surface area contributed by atoms with Gasteiger partial charge < -0.3 is 5.11 Å². The fourth-order valence-corrected chi connectivity index (χ4v) is 3.11. The minimum atomic E-state index is 0.264. The van der Waals surface area contributed by atoms with Crippen LogP contribution in [0.25, 0.3) is 20.8 Å². The summed E-state index contributed by atoms with van der Waals surface area (Å²) in [7, 11) is 0. The van der Waals surface area contributed by atoms with Crippen LogP contribution < -0.4 is 0 Å². The predicted molar refractivity (Wildman–Crippen MR) is 76.5 cm³/mol. The van der Waals surface area contributed by atoms with E-state index in [1.807, 2.05) is 37.3 Å². The molecular weight excluding hydrogens is 266 g/mol. The summed E-state index contributed by atoms with van der Waals surface area (Å²) in [6, 6.07) is 11.2. The van der Waals surface area contributed by atoms with E-state index in [4.69, 9.17) is 11.6 Å². The van der Waals surface area contributed by atoms with Crippen LogP contribution in [0.3, 0.4) is 0 Å². The lowest BCUT2D eigenvalue weighted by Gasteiger charge is -2.01. The lowest BCUT2D eigenvalue weighted by Crippen LogP contribution is -1.79. The number of thiazole rings is 1.